The van der Waals surface area contributed by atoms with Crippen molar-refractivity contribution in [1.29, 1.82) is 0 Å². The molecule has 0 saturated heterocycles. The third-order valence-corrected chi connectivity index (χ3v) is 3.34. The van der Waals surface area contributed by atoms with Crippen molar-refractivity contribution < 1.29 is 9.18 Å². The second-order valence-electron chi connectivity index (χ2n) is 4.87. The van der Waals surface area contributed by atoms with Gasteiger partial charge in [0.15, 0.2) is 0 Å². The van der Waals surface area contributed by atoms with Gasteiger partial charge in [-0.3, -0.25) is 9.78 Å². The summed E-state index contributed by atoms with van der Waals surface area (Å²) in [4.78, 5) is 15.2. The minimum absolute atomic E-state index is 0.213. The number of benzene rings is 2. The predicted molar refractivity (Wildman–Crippen MR) is 80.0 cm³/mol. The van der Waals surface area contributed by atoms with Crippen molar-refractivity contribution in [3.8, 4) is 11.1 Å². The van der Waals surface area contributed by atoms with Crippen molar-refractivity contribution in [2.75, 3.05) is 0 Å². The number of nitrogens with two attached hydrogens (primary N) is 1. The van der Waals surface area contributed by atoms with Gasteiger partial charge in [0, 0.05) is 17.1 Å². The summed E-state index contributed by atoms with van der Waals surface area (Å²) >= 11 is 0. The first kappa shape index (κ1) is 13.2. The largest absolute Gasteiger partial charge is 0.369 e. The van der Waals surface area contributed by atoms with E-state index in [-0.39, 0.29) is 18.1 Å². The van der Waals surface area contributed by atoms with Gasteiger partial charge in [0.1, 0.15) is 5.82 Å². The maximum atomic E-state index is 13.8. The molecule has 1 aromatic heterocycles. The van der Waals surface area contributed by atoms with Gasteiger partial charge in [0.25, 0.3) is 0 Å². The van der Waals surface area contributed by atoms with E-state index in [9.17, 15) is 9.18 Å². The van der Waals surface area contributed by atoms with E-state index in [1.807, 2.05) is 24.3 Å². The topological polar surface area (TPSA) is 56.0 Å². The fourth-order valence-electron chi connectivity index (χ4n) is 2.29. The van der Waals surface area contributed by atoms with E-state index < -0.39 is 0 Å². The second-order valence-corrected chi connectivity index (χ2v) is 4.87. The smallest absolute Gasteiger partial charge is 0.221 e. The van der Waals surface area contributed by atoms with Crippen LogP contribution < -0.4 is 5.73 Å². The molecule has 0 atom stereocenters. The molecule has 2 aromatic carbocycles. The SMILES string of the molecule is NC(=O)Cc1ccc(-c2cnc3cccc(F)c3c2)cc1. The summed E-state index contributed by atoms with van der Waals surface area (Å²) in [6, 6.07) is 14.0. The molecule has 2 N–H and O–H groups in total. The highest BCUT2D eigenvalue weighted by molar-refractivity contribution is 5.84. The number of primary amides is 1. The predicted octanol–water partition coefficient (Wildman–Crippen LogP) is 3.07. The highest BCUT2D eigenvalue weighted by Gasteiger charge is 2.05. The third kappa shape index (κ3) is 2.74. The Morgan fingerprint density at radius 1 is 1.10 bits per heavy atom. The molecule has 0 radical (unpaired) electrons. The van der Waals surface area contributed by atoms with Crippen LogP contribution >= 0.6 is 0 Å². The Morgan fingerprint density at radius 3 is 2.57 bits per heavy atom. The maximum Gasteiger partial charge on any atom is 0.221 e. The number of rotatable bonds is 3. The number of carbonyl (C=O) groups excluding carboxylic acids is 1. The fourth-order valence-corrected chi connectivity index (χ4v) is 2.29. The van der Waals surface area contributed by atoms with E-state index in [1.54, 1.807) is 24.4 Å². The second kappa shape index (κ2) is 5.32. The number of hydrogen-bond donors (Lipinski definition) is 1. The van der Waals surface area contributed by atoms with Crippen molar-refractivity contribution in [3.05, 3.63) is 66.1 Å². The van der Waals surface area contributed by atoms with Crippen molar-refractivity contribution in [2.45, 2.75) is 6.42 Å². The van der Waals surface area contributed by atoms with Crippen LogP contribution in [0.4, 0.5) is 4.39 Å². The van der Waals surface area contributed by atoms with Gasteiger partial charge < -0.3 is 5.73 Å². The molecule has 0 aliphatic rings. The van der Waals surface area contributed by atoms with E-state index in [4.69, 9.17) is 5.73 Å². The molecule has 1 amide bonds. The maximum absolute atomic E-state index is 13.8. The number of amides is 1. The van der Waals surface area contributed by atoms with E-state index in [0.717, 1.165) is 16.7 Å². The first-order valence-electron chi connectivity index (χ1n) is 6.55. The molecule has 0 bridgehead atoms. The molecule has 0 aliphatic heterocycles. The summed E-state index contributed by atoms with van der Waals surface area (Å²) in [6.45, 7) is 0. The molecule has 3 rings (SSSR count). The van der Waals surface area contributed by atoms with Crippen LogP contribution in [0.2, 0.25) is 0 Å². The summed E-state index contributed by atoms with van der Waals surface area (Å²) in [5, 5.41) is 0.496. The normalized spacial score (nSPS) is 10.7. The quantitative estimate of drug-likeness (QED) is 0.801. The molecule has 4 heteroatoms. The molecular formula is C17H13FN2O. The van der Waals surface area contributed by atoms with E-state index in [0.29, 0.717) is 10.9 Å². The lowest BCUT2D eigenvalue weighted by molar-refractivity contribution is -0.117. The van der Waals surface area contributed by atoms with E-state index >= 15 is 0 Å². The third-order valence-electron chi connectivity index (χ3n) is 3.34. The zero-order valence-corrected chi connectivity index (χ0v) is 11.2. The van der Waals surface area contributed by atoms with Crippen LogP contribution in [-0.4, -0.2) is 10.9 Å². The van der Waals surface area contributed by atoms with Gasteiger partial charge in [-0.25, -0.2) is 4.39 Å². The standard InChI is InChI=1S/C17H13FN2O/c18-15-2-1-3-16-14(15)9-13(10-20-16)12-6-4-11(5-7-12)8-17(19)21/h1-7,9-10H,8H2,(H2,19,21). The number of aromatic nitrogens is 1. The Kier molecular flexibility index (Phi) is 3.36. The van der Waals surface area contributed by atoms with Crippen LogP contribution in [0.1, 0.15) is 5.56 Å². The van der Waals surface area contributed by atoms with Crippen molar-refractivity contribution in [3.63, 3.8) is 0 Å². The number of fused-ring (bicyclic) bond motifs is 1. The average molecular weight is 280 g/mol. The van der Waals surface area contributed by atoms with Gasteiger partial charge in [-0.2, -0.15) is 0 Å². The van der Waals surface area contributed by atoms with Gasteiger partial charge in [0.2, 0.25) is 5.91 Å². The zero-order valence-electron chi connectivity index (χ0n) is 11.2. The van der Waals surface area contributed by atoms with Crippen molar-refractivity contribution >= 4 is 16.8 Å². The molecule has 0 spiro atoms. The van der Waals surface area contributed by atoms with Crippen LogP contribution in [0.25, 0.3) is 22.0 Å². The fraction of sp³-hybridized carbons (Fsp3) is 0.0588. The highest BCUT2D eigenvalue weighted by Crippen LogP contribution is 2.24. The van der Waals surface area contributed by atoms with Crippen molar-refractivity contribution in [1.82, 2.24) is 4.98 Å². The van der Waals surface area contributed by atoms with Gasteiger partial charge in [-0.05, 0) is 29.3 Å². The molecule has 3 nitrogen and oxygen atoms in total. The van der Waals surface area contributed by atoms with Gasteiger partial charge in [0.05, 0.1) is 11.9 Å². The first-order valence-corrected chi connectivity index (χ1v) is 6.55. The molecule has 104 valence electrons. The van der Waals surface area contributed by atoms with Crippen LogP contribution in [-0.2, 0) is 11.2 Å². The lowest BCUT2D eigenvalue weighted by Crippen LogP contribution is -2.13. The van der Waals surface area contributed by atoms with Crippen molar-refractivity contribution in [2.24, 2.45) is 5.73 Å². The first-order chi connectivity index (χ1) is 10.1. The summed E-state index contributed by atoms with van der Waals surface area (Å²) in [5.41, 5.74) is 8.39. The molecule has 0 saturated carbocycles. The lowest BCUT2D eigenvalue weighted by atomic mass is 10.0. The Bertz CT molecular complexity index is 813. The summed E-state index contributed by atoms with van der Waals surface area (Å²) in [6.07, 6.45) is 1.93. The highest BCUT2D eigenvalue weighted by atomic mass is 19.1. The lowest BCUT2D eigenvalue weighted by Gasteiger charge is -2.05. The number of pyridine rings is 1. The Labute approximate surface area is 121 Å². The average Bonchev–Trinajstić information content (AvgIpc) is 2.48. The summed E-state index contributed by atoms with van der Waals surface area (Å²) in [7, 11) is 0. The number of nitrogens with zero attached hydrogens (tertiary/aromatic N) is 1. The minimum Gasteiger partial charge on any atom is -0.369 e. The molecule has 0 unspecified atom stereocenters. The summed E-state index contributed by atoms with van der Waals surface area (Å²) in [5.74, 6) is -0.649. The monoisotopic (exact) mass is 280 g/mol. The van der Waals surface area contributed by atoms with Crippen LogP contribution in [0.15, 0.2) is 54.7 Å². The van der Waals surface area contributed by atoms with Crippen LogP contribution in [0, 0.1) is 5.82 Å². The molecule has 1 heterocycles. The molecule has 3 aromatic rings. The zero-order chi connectivity index (χ0) is 14.8. The summed E-state index contributed by atoms with van der Waals surface area (Å²) < 4.78 is 13.8. The van der Waals surface area contributed by atoms with E-state index in [1.165, 1.54) is 6.07 Å². The minimum atomic E-state index is -0.364. The molecule has 0 aliphatic carbocycles. The Hall–Kier alpha value is -2.75. The number of hydrogen-bond acceptors (Lipinski definition) is 2. The van der Waals surface area contributed by atoms with Gasteiger partial charge in [-0.1, -0.05) is 30.3 Å². The number of halogens is 1. The van der Waals surface area contributed by atoms with E-state index in [2.05, 4.69) is 4.98 Å². The number of carbonyl (C=O) groups is 1. The molecule has 21 heavy (non-hydrogen) atoms. The van der Waals surface area contributed by atoms with Gasteiger partial charge >= 0.3 is 0 Å². The van der Waals surface area contributed by atoms with Crippen LogP contribution in [0.3, 0.4) is 0 Å². The Balaban J connectivity index is 2.00. The molecule has 0 fully saturated rings. The van der Waals surface area contributed by atoms with Gasteiger partial charge in [-0.15, -0.1) is 0 Å². The molecular weight excluding hydrogens is 267 g/mol. The Morgan fingerprint density at radius 2 is 1.86 bits per heavy atom. The van der Waals surface area contributed by atoms with Crippen LogP contribution in [0.5, 0.6) is 0 Å².